The molecule has 64 valence electrons. The Morgan fingerprint density at radius 2 is 2.09 bits per heavy atom. The van der Waals surface area contributed by atoms with E-state index in [1.54, 1.807) is 0 Å². The first-order valence-corrected chi connectivity index (χ1v) is 4.44. The lowest BCUT2D eigenvalue weighted by Gasteiger charge is -2.31. The Morgan fingerprint density at radius 1 is 1.45 bits per heavy atom. The summed E-state index contributed by atoms with van der Waals surface area (Å²) < 4.78 is 0. The van der Waals surface area contributed by atoms with Gasteiger partial charge < -0.3 is 5.11 Å². The van der Waals surface area contributed by atoms with E-state index in [2.05, 4.69) is 20.4 Å². The van der Waals surface area contributed by atoms with Crippen molar-refractivity contribution in [2.24, 2.45) is 11.8 Å². The molecule has 1 unspecified atom stereocenters. The molecule has 1 N–H and O–H groups in total. The summed E-state index contributed by atoms with van der Waals surface area (Å²) in [6.45, 7) is 8.11. The van der Waals surface area contributed by atoms with E-state index in [0.29, 0.717) is 11.8 Å². The van der Waals surface area contributed by atoms with E-state index in [-0.39, 0.29) is 6.10 Å². The predicted molar refractivity (Wildman–Crippen MR) is 47.3 cm³/mol. The molecule has 3 atom stereocenters. The van der Waals surface area contributed by atoms with Crippen LogP contribution in [0.3, 0.4) is 0 Å². The van der Waals surface area contributed by atoms with Gasteiger partial charge in [0.05, 0.1) is 6.10 Å². The van der Waals surface area contributed by atoms with Crippen molar-refractivity contribution in [3.05, 3.63) is 12.2 Å². The van der Waals surface area contributed by atoms with E-state index < -0.39 is 0 Å². The average molecular weight is 154 g/mol. The zero-order valence-electron chi connectivity index (χ0n) is 7.51. The summed E-state index contributed by atoms with van der Waals surface area (Å²) in [5, 5.41) is 9.56. The quantitative estimate of drug-likeness (QED) is 0.575. The summed E-state index contributed by atoms with van der Waals surface area (Å²) in [5.41, 5.74) is 1.23. The molecule has 0 radical (unpaired) electrons. The van der Waals surface area contributed by atoms with Crippen LogP contribution in [0, 0.1) is 11.8 Å². The van der Waals surface area contributed by atoms with Crippen molar-refractivity contribution in [1.29, 1.82) is 0 Å². The number of rotatable bonds is 1. The van der Waals surface area contributed by atoms with Gasteiger partial charge in [0.15, 0.2) is 0 Å². The van der Waals surface area contributed by atoms with Gasteiger partial charge in [0, 0.05) is 0 Å². The van der Waals surface area contributed by atoms with Gasteiger partial charge in [0.25, 0.3) is 0 Å². The highest BCUT2D eigenvalue weighted by molar-refractivity contribution is 4.99. The van der Waals surface area contributed by atoms with Crippen LogP contribution in [0.1, 0.15) is 33.1 Å². The first-order chi connectivity index (χ1) is 5.11. The molecule has 0 aromatic heterocycles. The molecule has 0 amide bonds. The molecule has 0 saturated heterocycles. The molecule has 0 aromatic rings. The number of aliphatic hydroxyl groups is 1. The molecule has 1 nitrogen and oxygen atoms in total. The summed E-state index contributed by atoms with van der Waals surface area (Å²) in [4.78, 5) is 0. The van der Waals surface area contributed by atoms with Crippen LogP contribution in [0.5, 0.6) is 0 Å². The van der Waals surface area contributed by atoms with Crippen molar-refractivity contribution < 1.29 is 5.11 Å². The predicted octanol–water partition coefficient (Wildman–Crippen LogP) is 2.36. The summed E-state index contributed by atoms with van der Waals surface area (Å²) in [7, 11) is 0. The maximum Gasteiger partial charge on any atom is 0.0571 e. The second kappa shape index (κ2) is 3.40. The molecule has 0 heterocycles. The van der Waals surface area contributed by atoms with Gasteiger partial charge in [-0.15, -0.1) is 0 Å². The molecule has 1 rings (SSSR count). The SMILES string of the molecule is C=C(C)[C@H]1CC[C@H](C)C(O)C1. The summed E-state index contributed by atoms with van der Waals surface area (Å²) in [6, 6.07) is 0. The fourth-order valence-corrected chi connectivity index (χ4v) is 1.75. The van der Waals surface area contributed by atoms with Crippen molar-refractivity contribution in [1.82, 2.24) is 0 Å². The normalized spacial score (nSPS) is 38.6. The Hall–Kier alpha value is -0.300. The Morgan fingerprint density at radius 3 is 2.55 bits per heavy atom. The molecule has 1 saturated carbocycles. The number of aliphatic hydroxyl groups excluding tert-OH is 1. The molecular weight excluding hydrogens is 136 g/mol. The van der Waals surface area contributed by atoms with Crippen molar-refractivity contribution in [2.75, 3.05) is 0 Å². The van der Waals surface area contributed by atoms with Crippen LogP contribution >= 0.6 is 0 Å². The second-order valence-corrected chi connectivity index (χ2v) is 3.90. The molecule has 0 aromatic carbocycles. The van der Waals surface area contributed by atoms with Crippen molar-refractivity contribution in [3.8, 4) is 0 Å². The van der Waals surface area contributed by atoms with Crippen molar-refractivity contribution in [3.63, 3.8) is 0 Å². The molecule has 1 fully saturated rings. The van der Waals surface area contributed by atoms with E-state index in [9.17, 15) is 5.11 Å². The van der Waals surface area contributed by atoms with E-state index in [0.717, 1.165) is 12.8 Å². The Kier molecular flexibility index (Phi) is 2.72. The minimum absolute atomic E-state index is 0.0922. The van der Waals surface area contributed by atoms with Gasteiger partial charge in [-0.3, -0.25) is 0 Å². The Balaban J connectivity index is 2.46. The average Bonchev–Trinajstić information content (AvgIpc) is 1.94. The largest absolute Gasteiger partial charge is 0.393 e. The smallest absolute Gasteiger partial charge is 0.0571 e. The van der Waals surface area contributed by atoms with E-state index >= 15 is 0 Å². The second-order valence-electron chi connectivity index (χ2n) is 3.90. The minimum atomic E-state index is -0.0922. The van der Waals surface area contributed by atoms with Gasteiger partial charge >= 0.3 is 0 Å². The van der Waals surface area contributed by atoms with Crippen LogP contribution in [0.15, 0.2) is 12.2 Å². The molecule has 0 bridgehead atoms. The molecule has 0 aliphatic heterocycles. The molecule has 11 heavy (non-hydrogen) atoms. The highest BCUT2D eigenvalue weighted by Crippen LogP contribution is 2.32. The number of allylic oxidation sites excluding steroid dienone is 1. The fourth-order valence-electron chi connectivity index (χ4n) is 1.75. The van der Waals surface area contributed by atoms with Gasteiger partial charge in [-0.2, -0.15) is 0 Å². The lowest BCUT2D eigenvalue weighted by Crippen LogP contribution is -2.27. The number of hydrogen-bond acceptors (Lipinski definition) is 1. The highest BCUT2D eigenvalue weighted by Gasteiger charge is 2.25. The molecule has 1 aliphatic rings. The summed E-state index contributed by atoms with van der Waals surface area (Å²) >= 11 is 0. The standard InChI is InChI=1S/C10H18O/c1-7(2)9-5-4-8(3)10(11)6-9/h8-11H,1,4-6H2,2-3H3/t8-,9-,10?/m0/s1. The zero-order chi connectivity index (χ0) is 8.43. The minimum Gasteiger partial charge on any atom is -0.393 e. The lowest BCUT2D eigenvalue weighted by atomic mass is 9.78. The zero-order valence-corrected chi connectivity index (χ0v) is 7.51. The maximum absolute atomic E-state index is 9.56. The Bertz CT molecular complexity index is 151. The fraction of sp³-hybridized carbons (Fsp3) is 0.800. The molecule has 0 spiro atoms. The first-order valence-electron chi connectivity index (χ1n) is 4.44. The van der Waals surface area contributed by atoms with Gasteiger partial charge in [-0.1, -0.05) is 19.1 Å². The van der Waals surface area contributed by atoms with Gasteiger partial charge in [0.1, 0.15) is 0 Å². The first kappa shape index (κ1) is 8.79. The van der Waals surface area contributed by atoms with Gasteiger partial charge in [-0.25, -0.2) is 0 Å². The maximum atomic E-state index is 9.56. The van der Waals surface area contributed by atoms with E-state index in [1.165, 1.54) is 12.0 Å². The van der Waals surface area contributed by atoms with Crippen molar-refractivity contribution >= 4 is 0 Å². The van der Waals surface area contributed by atoms with Crippen LogP contribution in [-0.4, -0.2) is 11.2 Å². The molecule has 1 aliphatic carbocycles. The third kappa shape index (κ3) is 2.06. The highest BCUT2D eigenvalue weighted by atomic mass is 16.3. The van der Waals surface area contributed by atoms with Crippen LogP contribution in [0.25, 0.3) is 0 Å². The topological polar surface area (TPSA) is 20.2 Å². The van der Waals surface area contributed by atoms with Crippen LogP contribution in [0.2, 0.25) is 0 Å². The van der Waals surface area contributed by atoms with Gasteiger partial charge in [0.2, 0.25) is 0 Å². The Labute approximate surface area is 69.1 Å². The van der Waals surface area contributed by atoms with Crippen LogP contribution in [-0.2, 0) is 0 Å². The van der Waals surface area contributed by atoms with Crippen LogP contribution < -0.4 is 0 Å². The third-order valence-corrected chi connectivity index (χ3v) is 2.85. The summed E-state index contributed by atoms with van der Waals surface area (Å²) in [6.07, 6.45) is 3.20. The molecular formula is C10H18O. The van der Waals surface area contributed by atoms with E-state index in [4.69, 9.17) is 0 Å². The number of hydrogen-bond donors (Lipinski definition) is 1. The van der Waals surface area contributed by atoms with E-state index in [1.807, 2.05) is 0 Å². The third-order valence-electron chi connectivity index (χ3n) is 2.85. The monoisotopic (exact) mass is 154 g/mol. The van der Waals surface area contributed by atoms with Crippen LogP contribution in [0.4, 0.5) is 0 Å². The van der Waals surface area contributed by atoms with Crippen molar-refractivity contribution in [2.45, 2.75) is 39.2 Å². The molecule has 1 heteroatoms. The summed E-state index contributed by atoms with van der Waals surface area (Å²) in [5.74, 6) is 1.06. The van der Waals surface area contributed by atoms with Gasteiger partial charge in [-0.05, 0) is 38.0 Å². The lowest BCUT2D eigenvalue weighted by molar-refractivity contribution is 0.0614.